The molecular formula is C13H10ClF2N3O2. The van der Waals surface area contributed by atoms with E-state index in [2.05, 4.69) is 15.6 Å². The number of carbonyl (C=O) groups is 2. The van der Waals surface area contributed by atoms with E-state index < -0.39 is 23.4 Å². The highest BCUT2D eigenvalue weighted by atomic mass is 35.5. The van der Waals surface area contributed by atoms with Crippen LogP contribution in [-0.2, 0) is 4.79 Å². The third kappa shape index (κ3) is 4.03. The third-order valence-corrected chi connectivity index (χ3v) is 2.72. The molecule has 1 heterocycles. The zero-order valence-electron chi connectivity index (χ0n) is 10.5. The summed E-state index contributed by atoms with van der Waals surface area (Å²) >= 11 is 5.65. The Balaban J connectivity index is 1.87. The fourth-order valence-electron chi connectivity index (χ4n) is 1.53. The molecule has 2 rings (SSSR count). The first kappa shape index (κ1) is 15.0. The topological polar surface area (TPSA) is 74.0 Å². The normalized spacial score (nSPS) is 10.2. The van der Waals surface area contributed by atoms with Crippen LogP contribution in [-0.4, -0.2) is 23.3 Å². The van der Waals surface area contributed by atoms with Crippen molar-refractivity contribution in [1.82, 2.24) is 10.3 Å². The quantitative estimate of drug-likeness (QED) is 0.810. The lowest BCUT2D eigenvalue weighted by molar-refractivity contribution is -0.115. The number of halogens is 3. The molecule has 8 heteroatoms. The number of amides is 2. The molecule has 0 fully saturated rings. The maximum absolute atomic E-state index is 13.0. The monoisotopic (exact) mass is 313 g/mol. The second-order valence-electron chi connectivity index (χ2n) is 4.09. The van der Waals surface area contributed by atoms with Crippen LogP contribution in [0.1, 0.15) is 10.5 Å². The smallest absolute Gasteiger partial charge is 0.268 e. The van der Waals surface area contributed by atoms with E-state index in [9.17, 15) is 18.4 Å². The van der Waals surface area contributed by atoms with Crippen LogP contribution in [0.3, 0.4) is 0 Å². The zero-order chi connectivity index (χ0) is 15.4. The van der Waals surface area contributed by atoms with Gasteiger partial charge in [0.15, 0.2) is 11.6 Å². The van der Waals surface area contributed by atoms with E-state index in [1.165, 1.54) is 18.3 Å². The molecule has 0 saturated carbocycles. The van der Waals surface area contributed by atoms with Crippen molar-refractivity contribution in [3.05, 3.63) is 52.8 Å². The van der Waals surface area contributed by atoms with E-state index >= 15 is 0 Å². The van der Waals surface area contributed by atoms with Gasteiger partial charge in [-0.3, -0.25) is 9.59 Å². The summed E-state index contributed by atoms with van der Waals surface area (Å²) in [4.78, 5) is 25.8. The first-order valence-corrected chi connectivity index (χ1v) is 6.20. The molecule has 0 bridgehead atoms. The number of anilines is 1. The highest BCUT2D eigenvalue weighted by Crippen LogP contribution is 2.13. The van der Waals surface area contributed by atoms with Crippen LogP contribution in [0.15, 0.2) is 30.5 Å². The molecular weight excluding hydrogens is 304 g/mol. The minimum absolute atomic E-state index is 0.0936. The van der Waals surface area contributed by atoms with Crippen LogP contribution in [0.25, 0.3) is 0 Å². The van der Waals surface area contributed by atoms with Gasteiger partial charge in [0, 0.05) is 18.0 Å². The van der Waals surface area contributed by atoms with Gasteiger partial charge in [0.05, 0.1) is 11.6 Å². The number of hydrogen-bond acceptors (Lipinski definition) is 2. The summed E-state index contributed by atoms with van der Waals surface area (Å²) < 4.78 is 25.7. The number of carbonyl (C=O) groups excluding carboxylic acids is 2. The molecule has 1 aromatic heterocycles. The molecule has 1 aromatic carbocycles. The molecule has 2 aromatic rings. The van der Waals surface area contributed by atoms with Gasteiger partial charge >= 0.3 is 0 Å². The van der Waals surface area contributed by atoms with Crippen LogP contribution in [0.2, 0.25) is 5.02 Å². The third-order valence-electron chi connectivity index (χ3n) is 2.51. The number of nitrogens with one attached hydrogen (secondary N) is 3. The summed E-state index contributed by atoms with van der Waals surface area (Å²) in [5.74, 6) is -3.17. The number of aromatic nitrogens is 1. The Bertz CT molecular complexity index is 688. The summed E-state index contributed by atoms with van der Waals surface area (Å²) in [5, 5.41) is 5.04. The summed E-state index contributed by atoms with van der Waals surface area (Å²) in [6.07, 6.45) is 1.43. The predicted octanol–water partition coefficient (Wildman–Crippen LogP) is 2.31. The Morgan fingerprint density at radius 1 is 1.19 bits per heavy atom. The van der Waals surface area contributed by atoms with Crippen molar-refractivity contribution >= 4 is 29.1 Å². The largest absolute Gasteiger partial charge is 0.356 e. The number of benzene rings is 1. The molecule has 21 heavy (non-hydrogen) atoms. The molecule has 0 saturated heterocycles. The Labute approximate surface area is 123 Å². The fraction of sp³-hybridized carbons (Fsp3) is 0.0769. The van der Waals surface area contributed by atoms with Crippen LogP contribution in [0.4, 0.5) is 14.5 Å². The highest BCUT2D eigenvalue weighted by Gasteiger charge is 2.10. The van der Waals surface area contributed by atoms with E-state index in [4.69, 9.17) is 11.6 Å². The predicted molar refractivity (Wildman–Crippen MR) is 73.1 cm³/mol. The van der Waals surface area contributed by atoms with Gasteiger partial charge in [-0.2, -0.15) is 0 Å². The average molecular weight is 314 g/mol. The minimum atomic E-state index is -1.07. The molecule has 5 nitrogen and oxygen atoms in total. The van der Waals surface area contributed by atoms with E-state index in [0.717, 1.165) is 12.1 Å². The molecule has 0 spiro atoms. The molecule has 0 radical (unpaired) electrons. The van der Waals surface area contributed by atoms with E-state index in [-0.39, 0.29) is 17.9 Å². The molecule has 0 atom stereocenters. The lowest BCUT2D eigenvalue weighted by Crippen LogP contribution is -2.33. The van der Waals surface area contributed by atoms with Crippen LogP contribution in [0.5, 0.6) is 0 Å². The van der Waals surface area contributed by atoms with Crippen molar-refractivity contribution in [1.29, 1.82) is 0 Å². The van der Waals surface area contributed by atoms with E-state index in [1.54, 1.807) is 0 Å². The summed E-state index contributed by atoms with van der Waals surface area (Å²) in [6.45, 7) is -0.325. The van der Waals surface area contributed by atoms with Crippen LogP contribution < -0.4 is 10.6 Å². The van der Waals surface area contributed by atoms with Crippen molar-refractivity contribution in [3.8, 4) is 0 Å². The summed E-state index contributed by atoms with van der Waals surface area (Å²) in [7, 11) is 0. The van der Waals surface area contributed by atoms with Gasteiger partial charge in [0.2, 0.25) is 5.91 Å². The van der Waals surface area contributed by atoms with Crippen molar-refractivity contribution in [2.75, 3.05) is 11.9 Å². The van der Waals surface area contributed by atoms with Crippen molar-refractivity contribution in [3.63, 3.8) is 0 Å². The summed E-state index contributed by atoms with van der Waals surface area (Å²) in [6, 6.07) is 4.36. The Morgan fingerprint density at radius 2 is 1.95 bits per heavy atom. The molecule has 0 aliphatic heterocycles. The first-order valence-electron chi connectivity index (χ1n) is 5.83. The Morgan fingerprint density at radius 3 is 2.57 bits per heavy atom. The fourth-order valence-corrected chi connectivity index (χ4v) is 1.70. The number of rotatable bonds is 4. The standard InChI is InChI=1S/C13H10ClF2N3O2/c14-7-3-11(17-5-7)13(21)18-6-12(20)19-8-1-2-9(15)10(16)4-8/h1-5,17H,6H2,(H,18,21)(H,19,20). The molecule has 2 amide bonds. The van der Waals surface area contributed by atoms with Crippen LogP contribution in [0, 0.1) is 11.6 Å². The summed E-state index contributed by atoms with van der Waals surface area (Å²) in [5.41, 5.74) is 0.302. The minimum Gasteiger partial charge on any atom is -0.356 e. The van der Waals surface area contributed by atoms with Gasteiger partial charge in [0.25, 0.3) is 5.91 Å². The number of hydrogen-bond donors (Lipinski definition) is 3. The lowest BCUT2D eigenvalue weighted by Gasteiger charge is -2.06. The Kier molecular flexibility index (Phi) is 4.54. The number of aromatic amines is 1. The van der Waals surface area contributed by atoms with Gasteiger partial charge < -0.3 is 15.6 Å². The average Bonchev–Trinajstić information content (AvgIpc) is 2.87. The van der Waals surface area contributed by atoms with Gasteiger partial charge in [-0.1, -0.05) is 11.6 Å². The molecule has 3 N–H and O–H groups in total. The maximum Gasteiger partial charge on any atom is 0.268 e. The van der Waals surface area contributed by atoms with Crippen molar-refractivity contribution in [2.45, 2.75) is 0 Å². The lowest BCUT2D eigenvalue weighted by atomic mass is 10.3. The van der Waals surface area contributed by atoms with Crippen molar-refractivity contribution < 1.29 is 18.4 Å². The van der Waals surface area contributed by atoms with Gasteiger partial charge in [-0.05, 0) is 18.2 Å². The second-order valence-corrected chi connectivity index (χ2v) is 4.53. The van der Waals surface area contributed by atoms with E-state index in [1.807, 2.05) is 0 Å². The van der Waals surface area contributed by atoms with Crippen LogP contribution >= 0.6 is 11.6 Å². The molecule has 0 unspecified atom stereocenters. The van der Waals surface area contributed by atoms with Gasteiger partial charge in [-0.25, -0.2) is 8.78 Å². The molecule has 0 aliphatic carbocycles. The van der Waals surface area contributed by atoms with Crippen molar-refractivity contribution in [2.24, 2.45) is 0 Å². The second kappa shape index (κ2) is 6.36. The maximum atomic E-state index is 13.0. The molecule has 0 aliphatic rings. The molecule has 110 valence electrons. The Hall–Kier alpha value is -2.41. The van der Waals surface area contributed by atoms with Gasteiger partial charge in [0.1, 0.15) is 5.69 Å². The SMILES string of the molecule is O=C(CNC(=O)c1cc(Cl)c[nH]1)Nc1ccc(F)c(F)c1. The first-order chi connectivity index (χ1) is 9.95. The van der Waals surface area contributed by atoms with Gasteiger partial charge in [-0.15, -0.1) is 0 Å². The zero-order valence-corrected chi connectivity index (χ0v) is 11.3. The highest BCUT2D eigenvalue weighted by molar-refractivity contribution is 6.31. The number of H-pyrrole nitrogens is 1. The van der Waals surface area contributed by atoms with E-state index in [0.29, 0.717) is 5.02 Å².